The molecule has 0 radical (unpaired) electrons. The summed E-state index contributed by atoms with van der Waals surface area (Å²) in [6.07, 6.45) is -0.539. The number of amides is 1. The number of carboxylic acids is 1. The van der Waals surface area contributed by atoms with Crippen LogP contribution in [0.2, 0.25) is 0 Å². The highest BCUT2D eigenvalue weighted by atomic mass is 16.5. The number of benzene rings is 2. The van der Waals surface area contributed by atoms with Crippen molar-refractivity contribution in [3.63, 3.8) is 0 Å². The van der Waals surface area contributed by atoms with Gasteiger partial charge in [0.25, 0.3) is 0 Å². The van der Waals surface area contributed by atoms with Gasteiger partial charge in [-0.15, -0.1) is 0 Å². The predicted molar refractivity (Wildman–Crippen MR) is 85.6 cm³/mol. The molecule has 0 spiro atoms. The normalized spacial score (nSPS) is 16.1. The quantitative estimate of drug-likeness (QED) is 0.902. The van der Waals surface area contributed by atoms with Crippen molar-refractivity contribution in [1.29, 1.82) is 0 Å². The van der Waals surface area contributed by atoms with Crippen molar-refractivity contribution in [3.8, 4) is 0 Å². The molecular formula is C18H17NO5. The number of ether oxygens (including phenoxy) is 2. The summed E-state index contributed by atoms with van der Waals surface area (Å²) in [5, 5.41) is 11.8. The lowest BCUT2D eigenvalue weighted by Crippen LogP contribution is -2.34. The maximum absolute atomic E-state index is 12.0. The van der Waals surface area contributed by atoms with Gasteiger partial charge >= 0.3 is 12.1 Å². The van der Waals surface area contributed by atoms with E-state index >= 15 is 0 Å². The van der Waals surface area contributed by atoms with Gasteiger partial charge in [-0.1, -0.05) is 36.4 Å². The third-order valence-electron chi connectivity index (χ3n) is 3.81. The molecule has 1 aliphatic heterocycles. The number of hydrogen-bond acceptors (Lipinski definition) is 4. The predicted octanol–water partition coefficient (Wildman–Crippen LogP) is 2.88. The van der Waals surface area contributed by atoms with Crippen molar-refractivity contribution >= 4 is 12.1 Å². The van der Waals surface area contributed by atoms with Gasteiger partial charge in [0.1, 0.15) is 6.61 Å². The van der Waals surface area contributed by atoms with E-state index in [9.17, 15) is 9.59 Å². The summed E-state index contributed by atoms with van der Waals surface area (Å²) in [5.41, 5.74) is 2.71. The molecule has 2 N–H and O–H groups in total. The average molecular weight is 327 g/mol. The van der Waals surface area contributed by atoms with E-state index < -0.39 is 12.1 Å². The summed E-state index contributed by atoms with van der Waals surface area (Å²) in [7, 11) is 0. The van der Waals surface area contributed by atoms with Crippen LogP contribution in [0.5, 0.6) is 0 Å². The third kappa shape index (κ3) is 3.72. The maximum atomic E-state index is 12.0. The van der Waals surface area contributed by atoms with Gasteiger partial charge in [-0.2, -0.15) is 0 Å². The van der Waals surface area contributed by atoms with Gasteiger partial charge in [-0.05, 0) is 28.8 Å². The molecule has 0 unspecified atom stereocenters. The van der Waals surface area contributed by atoms with Crippen LogP contribution < -0.4 is 5.32 Å². The minimum absolute atomic E-state index is 0.186. The van der Waals surface area contributed by atoms with E-state index in [0.29, 0.717) is 13.2 Å². The molecule has 3 rings (SSSR count). The summed E-state index contributed by atoms with van der Waals surface area (Å²) in [6, 6.07) is 13.8. The second kappa shape index (κ2) is 7.14. The molecule has 1 amide bonds. The largest absolute Gasteiger partial charge is 0.478 e. The molecule has 2 aromatic rings. The van der Waals surface area contributed by atoms with E-state index in [-0.39, 0.29) is 18.2 Å². The summed E-state index contributed by atoms with van der Waals surface area (Å²) in [5.74, 6) is -0.991. The summed E-state index contributed by atoms with van der Waals surface area (Å²) >= 11 is 0. The van der Waals surface area contributed by atoms with Crippen LogP contribution in [0, 0.1) is 0 Å². The molecule has 1 aliphatic rings. The van der Waals surface area contributed by atoms with Crippen LogP contribution in [0.1, 0.15) is 33.1 Å². The first kappa shape index (κ1) is 16.0. The van der Waals surface area contributed by atoms with E-state index in [2.05, 4.69) is 5.32 Å². The number of hydrogen-bond donors (Lipinski definition) is 2. The molecule has 24 heavy (non-hydrogen) atoms. The van der Waals surface area contributed by atoms with E-state index in [4.69, 9.17) is 14.6 Å². The van der Waals surface area contributed by atoms with Crippen LogP contribution in [-0.2, 0) is 22.7 Å². The topological polar surface area (TPSA) is 84.9 Å². The van der Waals surface area contributed by atoms with Gasteiger partial charge in [0.2, 0.25) is 0 Å². The SMILES string of the molecule is O=C(N[C@@H]1COCc2cc(C(=O)O)ccc21)OCc1ccccc1. The van der Waals surface area contributed by atoms with Gasteiger partial charge in [-0.3, -0.25) is 0 Å². The lowest BCUT2D eigenvalue weighted by Gasteiger charge is -2.26. The zero-order valence-corrected chi connectivity index (χ0v) is 12.9. The molecular weight excluding hydrogens is 310 g/mol. The summed E-state index contributed by atoms with van der Waals surface area (Å²) < 4.78 is 10.7. The highest BCUT2D eigenvalue weighted by molar-refractivity contribution is 5.88. The van der Waals surface area contributed by atoms with Crippen molar-refractivity contribution < 1.29 is 24.2 Å². The monoisotopic (exact) mass is 327 g/mol. The van der Waals surface area contributed by atoms with Crippen LogP contribution in [0.3, 0.4) is 0 Å². The van der Waals surface area contributed by atoms with Crippen LogP contribution in [0.4, 0.5) is 4.79 Å². The van der Waals surface area contributed by atoms with Crippen molar-refractivity contribution in [3.05, 3.63) is 70.8 Å². The smallest absolute Gasteiger partial charge is 0.408 e. The summed E-state index contributed by atoms with van der Waals surface area (Å²) in [6.45, 7) is 0.832. The number of nitrogens with one attached hydrogen (secondary N) is 1. The molecule has 1 heterocycles. The van der Waals surface area contributed by atoms with Crippen LogP contribution in [0.25, 0.3) is 0 Å². The first-order valence-electron chi connectivity index (χ1n) is 7.54. The molecule has 2 aromatic carbocycles. The van der Waals surface area contributed by atoms with E-state index in [1.165, 1.54) is 6.07 Å². The van der Waals surface area contributed by atoms with Crippen LogP contribution in [-0.4, -0.2) is 23.8 Å². The highest BCUT2D eigenvalue weighted by Gasteiger charge is 2.24. The van der Waals surface area contributed by atoms with Gasteiger partial charge < -0.3 is 19.9 Å². The molecule has 1 atom stereocenters. The molecule has 6 nitrogen and oxygen atoms in total. The van der Waals surface area contributed by atoms with Crippen LogP contribution >= 0.6 is 0 Å². The number of aromatic carboxylic acids is 1. The van der Waals surface area contributed by atoms with Gasteiger partial charge in [0.15, 0.2) is 0 Å². The fraction of sp³-hybridized carbons (Fsp3) is 0.222. The van der Waals surface area contributed by atoms with Crippen LogP contribution in [0.15, 0.2) is 48.5 Å². The first-order chi connectivity index (χ1) is 11.6. The van der Waals surface area contributed by atoms with Crippen molar-refractivity contribution in [2.24, 2.45) is 0 Å². The van der Waals surface area contributed by atoms with Crippen molar-refractivity contribution in [1.82, 2.24) is 5.32 Å². The molecule has 6 heteroatoms. The van der Waals surface area contributed by atoms with E-state index in [1.807, 2.05) is 30.3 Å². The Morgan fingerprint density at radius 3 is 2.75 bits per heavy atom. The van der Waals surface area contributed by atoms with Crippen molar-refractivity contribution in [2.45, 2.75) is 19.3 Å². The fourth-order valence-corrected chi connectivity index (χ4v) is 2.61. The van der Waals surface area contributed by atoms with Gasteiger partial charge in [0, 0.05) is 0 Å². The second-order valence-electron chi connectivity index (χ2n) is 5.49. The standard InChI is InChI=1S/C18H17NO5/c20-17(21)13-6-7-15-14(8-13)10-23-11-16(15)19-18(22)24-9-12-4-2-1-3-5-12/h1-8,16H,9-11H2,(H,19,22)(H,20,21)/t16-/m1/s1. The number of fused-ring (bicyclic) bond motifs is 1. The second-order valence-corrected chi connectivity index (χ2v) is 5.49. The Balaban J connectivity index is 1.64. The maximum Gasteiger partial charge on any atom is 0.408 e. The van der Waals surface area contributed by atoms with E-state index in [1.54, 1.807) is 12.1 Å². The molecule has 0 aromatic heterocycles. The zero-order valence-electron chi connectivity index (χ0n) is 12.9. The summed E-state index contributed by atoms with van der Waals surface area (Å²) in [4.78, 5) is 23.0. The minimum Gasteiger partial charge on any atom is -0.478 e. The van der Waals surface area contributed by atoms with Gasteiger partial charge in [-0.25, -0.2) is 9.59 Å². The Bertz CT molecular complexity index is 744. The van der Waals surface area contributed by atoms with Gasteiger partial charge in [0.05, 0.1) is 24.8 Å². The Morgan fingerprint density at radius 2 is 2.00 bits per heavy atom. The third-order valence-corrected chi connectivity index (χ3v) is 3.81. The Morgan fingerprint density at radius 1 is 1.21 bits per heavy atom. The Hall–Kier alpha value is -2.86. The molecule has 0 aliphatic carbocycles. The molecule has 0 fully saturated rings. The number of rotatable bonds is 4. The Kier molecular flexibility index (Phi) is 4.77. The highest BCUT2D eigenvalue weighted by Crippen LogP contribution is 2.26. The van der Waals surface area contributed by atoms with E-state index in [0.717, 1.165) is 16.7 Å². The van der Waals surface area contributed by atoms with Crippen molar-refractivity contribution in [2.75, 3.05) is 6.61 Å². The average Bonchev–Trinajstić information content (AvgIpc) is 2.60. The lowest BCUT2D eigenvalue weighted by molar-refractivity contribution is 0.0687. The number of carboxylic acid groups (broad SMARTS) is 1. The molecule has 0 bridgehead atoms. The zero-order chi connectivity index (χ0) is 16.9. The fourth-order valence-electron chi connectivity index (χ4n) is 2.61. The number of alkyl carbamates (subject to hydrolysis) is 1. The molecule has 0 saturated carbocycles. The lowest BCUT2D eigenvalue weighted by atomic mass is 9.97. The first-order valence-corrected chi connectivity index (χ1v) is 7.54. The molecule has 0 saturated heterocycles. The Labute approximate surface area is 139 Å². The number of carbonyl (C=O) groups is 2. The molecule has 124 valence electrons. The number of carbonyl (C=O) groups excluding carboxylic acids is 1. The minimum atomic E-state index is -0.991.